The van der Waals surface area contributed by atoms with Crippen molar-refractivity contribution in [2.24, 2.45) is 0 Å². The van der Waals surface area contributed by atoms with Crippen LogP contribution in [0, 0.1) is 0 Å². The van der Waals surface area contributed by atoms with Crippen LogP contribution in [0.2, 0.25) is 5.15 Å². The quantitative estimate of drug-likeness (QED) is 0.789. The summed E-state index contributed by atoms with van der Waals surface area (Å²) >= 11 is 5.65. The number of hydrogen-bond acceptors (Lipinski definition) is 4. The van der Waals surface area contributed by atoms with Crippen LogP contribution in [0.25, 0.3) is 0 Å². The summed E-state index contributed by atoms with van der Waals surface area (Å²) in [6.45, 7) is 0.611. The summed E-state index contributed by atoms with van der Waals surface area (Å²) in [4.78, 5) is 7.91. The Morgan fingerprint density at radius 3 is 2.93 bits per heavy atom. The van der Waals surface area contributed by atoms with Crippen molar-refractivity contribution >= 4 is 17.3 Å². The standard InChI is InChI=1S/C9H8ClN3O/c10-9-2-1-7(3-12-9)11-4-8-5-14-6-13-8/h1-3,5-6,11H,4H2. The van der Waals surface area contributed by atoms with Crippen LogP contribution >= 0.6 is 11.6 Å². The molecular weight excluding hydrogens is 202 g/mol. The number of pyridine rings is 1. The van der Waals surface area contributed by atoms with Gasteiger partial charge in [0.05, 0.1) is 24.1 Å². The van der Waals surface area contributed by atoms with Gasteiger partial charge < -0.3 is 9.73 Å². The van der Waals surface area contributed by atoms with Crippen molar-refractivity contribution in [3.63, 3.8) is 0 Å². The van der Waals surface area contributed by atoms with Crippen LogP contribution in [0.1, 0.15) is 5.69 Å². The van der Waals surface area contributed by atoms with Crippen LogP contribution in [-0.2, 0) is 6.54 Å². The minimum atomic E-state index is 0.483. The molecule has 0 aliphatic carbocycles. The highest BCUT2D eigenvalue weighted by molar-refractivity contribution is 6.29. The van der Waals surface area contributed by atoms with Crippen molar-refractivity contribution in [1.29, 1.82) is 0 Å². The molecular formula is C9H8ClN3O. The summed E-state index contributed by atoms with van der Waals surface area (Å²) in [7, 11) is 0. The molecule has 2 rings (SSSR count). The van der Waals surface area contributed by atoms with Crippen molar-refractivity contribution < 1.29 is 4.42 Å². The molecule has 0 amide bonds. The van der Waals surface area contributed by atoms with Crippen LogP contribution in [0.4, 0.5) is 5.69 Å². The van der Waals surface area contributed by atoms with Gasteiger partial charge in [-0.15, -0.1) is 0 Å². The van der Waals surface area contributed by atoms with Gasteiger partial charge in [0.1, 0.15) is 11.4 Å². The number of hydrogen-bond donors (Lipinski definition) is 1. The normalized spacial score (nSPS) is 10.1. The van der Waals surface area contributed by atoms with Gasteiger partial charge in [0.25, 0.3) is 0 Å². The largest absolute Gasteiger partial charge is 0.451 e. The Labute approximate surface area is 85.9 Å². The van der Waals surface area contributed by atoms with Crippen molar-refractivity contribution in [3.8, 4) is 0 Å². The SMILES string of the molecule is Clc1ccc(NCc2cocn2)cn1. The first-order valence-corrected chi connectivity index (χ1v) is 4.45. The molecule has 2 heterocycles. The number of anilines is 1. The third kappa shape index (κ3) is 2.23. The molecule has 72 valence electrons. The fraction of sp³-hybridized carbons (Fsp3) is 0.111. The minimum Gasteiger partial charge on any atom is -0.451 e. The molecule has 0 bridgehead atoms. The number of nitrogens with zero attached hydrogens (tertiary/aromatic N) is 2. The van der Waals surface area contributed by atoms with E-state index in [1.165, 1.54) is 6.39 Å². The maximum atomic E-state index is 5.65. The van der Waals surface area contributed by atoms with Gasteiger partial charge in [-0.1, -0.05) is 11.6 Å². The minimum absolute atomic E-state index is 0.483. The first kappa shape index (κ1) is 9.02. The van der Waals surface area contributed by atoms with Gasteiger partial charge in [-0.25, -0.2) is 9.97 Å². The zero-order valence-corrected chi connectivity index (χ0v) is 8.03. The van der Waals surface area contributed by atoms with E-state index < -0.39 is 0 Å². The highest BCUT2D eigenvalue weighted by Gasteiger charge is 1.96. The van der Waals surface area contributed by atoms with Crippen molar-refractivity contribution in [2.75, 3.05) is 5.32 Å². The van der Waals surface area contributed by atoms with Crippen molar-refractivity contribution in [2.45, 2.75) is 6.54 Å². The third-order valence-corrected chi connectivity index (χ3v) is 1.91. The Morgan fingerprint density at radius 2 is 2.29 bits per heavy atom. The van der Waals surface area contributed by atoms with E-state index in [1.807, 2.05) is 6.07 Å². The van der Waals surface area contributed by atoms with Crippen molar-refractivity contribution in [1.82, 2.24) is 9.97 Å². The van der Waals surface area contributed by atoms with E-state index >= 15 is 0 Å². The zero-order chi connectivity index (χ0) is 9.80. The Bertz CT molecular complexity index is 385. The van der Waals surface area contributed by atoms with Gasteiger partial charge >= 0.3 is 0 Å². The second kappa shape index (κ2) is 4.11. The number of halogens is 1. The molecule has 14 heavy (non-hydrogen) atoms. The summed E-state index contributed by atoms with van der Waals surface area (Å²) in [5.41, 5.74) is 1.75. The van der Waals surface area contributed by atoms with Gasteiger partial charge in [0.15, 0.2) is 6.39 Å². The molecule has 0 aromatic carbocycles. The average molecular weight is 210 g/mol. The Hall–Kier alpha value is -1.55. The molecule has 2 aromatic rings. The van der Waals surface area contributed by atoms with Crippen LogP contribution < -0.4 is 5.32 Å². The summed E-state index contributed by atoms with van der Waals surface area (Å²) in [6.07, 6.45) is 4.66. The molecule has 0 atom stereocenters. The topological polar surface area (TPSA) is 51.0 Å². The van der Waals surface area contributed by atoms with E-state index in [0.29, 0.717) is 11.7 Å². The summed E-state index contributed by atoms with van der Waals surface area (Å²) in [5, 5.41) is 3.61. The first-order valence-electron chi connectivity index (χ1n) is 4.07. The number of aromatic nitrogens is 2. The van der Waals surface area contributed by atoms with Crippen LogP contribution in [0.3, 0.4) is 0 Å². The molecule has 0 spiro atoms. The smallest absolute Gasteiger partial charge is 0.180 e. The lowest BCUT2D eigenvalue weighted by molar-refractivity contribution is 0.556. The highest BCUT2D eigenvalue weighted by atomic mass is 35.5. The zero-order valence-electron chi connectivity index (χ0n) is 7.27. The lowest BCUT2D eigenvalue weighted by atomic mass is 10.4. The van der Waals surface area contributed by atoms with Gasteiger partial charge in [0.2, 0.25) is 0 Å². The highest BCUT2D eigenvalue weighted by Crippen LogP contribution is 2.10. The molecule has 0 aliphatic rings. The molecule has 1 N–H and O–H groups in total. The van der Waals surface area contributed by atoms with E-state index in [9.17, 15) is 0 Å². The Kier molecular flexibility index (Phi) is 2.65. The summed E-state index contributed by atoms with van der Waals surface area (Å²) < 4.78 is 4.83. The number of oxazole rings is 1. The Balaban J connectivity index is 1.95. The first-order chi connectivity index (χ1) is 6.84. The molecule has 0 saturated heterocycles. The lowest BCUT2D eigenvalue weighted by Crippen LogP contribution is -1.99. The molecule has 0 saturated carbocycles. The summed E-state index contributed by atoms with van der Waals surface area (Å²) in [5.74, 6) is 0. The van der Waals surface area contributed by atoms with E-state index in [2.05, 4.69) is 15.3 Å². The maximum absolute atomic E-state index is 5.65. The number of rotatable bonds is 3. The molecule has 0 fully saturated rings. The molecule has 0 unspecified atom stereocenters. The molecule has 0 aliphatic heterocycles. The van der Waals surface area contributed by atoms with Gasteiger partial charge in [-0.05, 0) is 12.1 Å². The van der Waals surface area contributed by atoms with Crippen LogP contribution in [-0.4, -0.2) is 9.97 Å². The Morgan fingerprint density at radius 1 is 1.36 bits per heavy atom. The molecule has 4 nitrogen and oxygen atoms in total. The van der Waals surface area contributed by atoms with Gasteiger partial charge in [0, 0.05) is 0 Å². The second-order valence-electron chi connectivity index (χ2n) is 2.70. The molecule has 5 heteroatoms. The number of nitrogens with one attached hydrogen (secondary N) is 1. The van der Waals surface area contributed by atoms with Gasteiger partial charge in [-0.2, -0.15) is 0 Å². The van der Waals surface area contributed by atoms with E-state index in [-0.39, 0.29) is 0 Å². The predicted octanol–water partition coefficient (Wildman–Crippen LogP) is 2.34. The molecule has 0 radical (unpaired) electrons. The lowest BCUT2D eigenvalue weighted by Gasteiger charge is -2.02. The second-order valence-corrected chi connectivity index (χ2v) is 3.09. The van der Waals surface area contributed by atoms with Crippen LogP contribution in [0.5, 0.6) is 0 Å². The van der Waals surface area contributed by atoms with Gasteiger partial charge in [-0.3, -0.25) is 0 Å². The molecule has 2 aromatic heterocycles. The van der Waals surface area contributed by atoms with Crippen molar-refractivity contribution in [3.05, 3.63) is 41.8 Å². The predicted molar refractivity (Wildman–Crippen MR) is 53.1 cm³/mol. The monoisotopic (exact) mass is 209 g/mol. The third-order valence-electron chi connectivity index (χ3n) is 1.68. The van der Waals surface area contributed by atoms with E-state index in [4.69, 9.17) is 16.0 Å². The van der Waals surface area contributed by atoms with Crippen LogP contribution in [0.15, 0.2) is 35.4 Å². The summed E-state index contributed by atoms with van der Waals surface area (Å²) in [6, 6.07) is 3.59. The van der Waals surface area contributed by atoms with E-state index in [0.717, 1.165) is 11.4 Å². The fourth-order valence-corrected chi connectivity index (χ4v) is 1.11. The van der Waals surface area contributed by atoms with E-state index in [1.54, 1.807) is 18.5 Å². The fourth-order valence-electron chi connectivity index (χ4n) is 0.998. The maximum Gasteiger partial charge on any atom is 0.180 e. The average Bonchev–Trinajstić information content (AvgIpc) is 2.70.